The monoisotopic (exact) mass is 315 g/mol. The van der Waals surface area contributed by atoms with Gasteiger partial charge in [0.05, 0.1) is 11.0 Å². The molecule has 0 aliphatic heterocycles. The zero-order chi connectivity index (χ0) is 16.6. The quantitative estimate of drug-likeness (QED) is 0.316. The zero-order valence-electron chi connectivity index (χ0n) is 11.9. The number of carbonyl (C=O) groups excluding carboxylic acids is 1. The minimum atomic E-state index is -0.849. The summed E-state index contributed by atoms with van der Waals surface area (Å²) in [4.78, 5) is 22.3. The highest BCUT2D eigenvalue weighted by molar-refractivity contribution is 5.97. The third-order valence-electron chi connectivity index (χ3n) is 3.34. The number of carbonyl (C=O) groups is 1. The van der Waals surface area contributed by atoms with E-state index < -0.39 is 16.7 Å². The fraction of sp³-hybridized carbons (Fsp3) is 0.0625. The van der Waals surface area contributed by atoms with Crippen molar-refractivity contribution in [3.63, 3.8) is 0 Å². The molecule has 0 spiro atoms. The predicted molar refractivity (Wildman–Crippen MR) is 79.0 cm³/mol. The number of rotatable bonds is 3. The van der Waals surface area contributed by atoms with Crippen molar-refractivity contribution in [2.45, 2.75) is 6.92 Å². The van der Waals surface area contributed by atoms with Crippen molar-refractivity contribution in [3.05, 3.63) is 69.7 Å². The van der Waals surface area contributed by atoms with Crippen molar-refractivity contribution >= 4 is 22.6 Å². The number of non-ortho nitro benzene ring substituents is 1. The van der Waals surface area contributed by atoms with Gasteiger partial charge in [-0.05, 0) is 19.1 Å². The molecule has 0 fully saturated rings. The zero-order valence-corrected chi connectivity index (χ0v) is 11.9. The van der Waals surface area contributed by atoms with Gasteiger partial charge in [0.25, 0.3) is 5.69 Å². The number of nitrogens with zero attached hydrogens (tertiary/aromatic N) is 1. The molecule has 0 aliphatic rings. The van der Waals surface area contributed by atoms with Gasteiger partial charge in [-0.2, -0.15) is 0 Å². The summed E-state index contributed by atoms with van der Waals surface area (Å²) in [7, 11) is 0. The molecule has 0 atom stereocenters. The normalized spacial score (nSPS) is 10.7. The van der Waals surface area contributed by atoms with Crippen LogP contribution in [-0.2, 0) is 0 Å². The number of benzene rings is 2. The average molecular weight is 315 g/mol. The summed E-state index contributed by atoms with van der Waals surface area (Å²) in [5, 5.41) is 11.2. The Balaban J connectivity index is 1.95. The summed E-state index contributed by atoms with van der Waals surface area (Å²) >= 11 is 0. The van der Waals surface area contributed by atoms with Crippen LogP contribution in [0.1, 0.15) is 16.1 Å². The molecule has 23 heavy (non-hydrogen) atoms. The molecule has 0 N–H and O–H groups in total. The number of nitro benzene ring substituents is 1. The third-order valence-corrected chi connectivity index (χ3v) is 3.34. The Morgan fingerprint density at radius 2 is 2.00 bits per heavy atom. The first-order chi connectivity index (χ1) is 11.0. The maximum absolute atomic E-state index is 13.7. The molecule has 116 valence electrons. The Morgan fingerprint density at radius 1 is 1.26 bits per heavy atom. The summed E-state index contributed by atoms with van der Waals surface area (Å²) < 4.78 is 24.0. The van der Waals surface area contributed by atoms with E-state index in [-0.39, 0.29) is 22.8 Å². The predicted octanol–water partition coefficient (Wildman–Crippen LogP) is 4.01. The van der Waals surface area contributed by atoms with Gasteiger partial charge in [0.15, 0.2) is 11.4 Å². The molecule has 2 aromatic carbocycles. The number of fused-ring (bicyclic) bond motifs is 1. The summed E-state index contributed by atoms with van der Waals surface area (Å²) in [5.74, 6) is -1.57. The Labute approximate surface area is 129 Å². The van der Waals surface area contributed by atoms with Gasteiger partial charge in [-0.25, -0.2) is 9.18 Å². The lowest BCUT2D eigenvalue weighted by atomic mass is 10.1. The van der Waals surface area contributed by atoms with Gasteiger partial charge >= 0.3 is 5.97 Å². The van der Waals surface area contributed by atoms with Crippen LogP contribution in [0.5, 0.6) is 5.75 Å². The molecule has 0 saturated heterocycles. The molecule has 0 saturated carbocycles. The fourth-order valence-electron chi connectivity index (χ4n) is 2.22. The molecular formula is C16H10FNO5. The van der Waals surface area contributed by atoms with Crippen LogP contribution < -0.4 is 4.74 Å². The van der Waals surface area contributed by atoms with E-state index in [2.05, 4.69) is 0 Å². The van der Waals surface area contributed by atoms with Crippen molar-refractivity contribution in [3.8, 4) is 5.75 Å². The number of ether oxygens (including phenoxy) is 1. The Kier molecular flexibility index (Phi) is 3.53. The summed E-state index contributed by atoms with van der Waals surface area (Å²) in [5.41, 5.74) is 0.202. The fourth-order valence-corrected chi connectivity index (χ4v) is 2.22. The van der Waals surface area contributed by atoms with Crippen LogP contribution in [0.2, 0.25) is 0 Å². The Morgan fingerprint density at radius 3 is 2.70 bits per heavy atom. The van der Waals surface area contributed by atoms with Crippen molar-refractivity contribution in [2.75, 3.05) is 0 Å². The smallest absolute Gasteiger partial charge is 0.379 e. The van der Waals surface area contributed by atoms with E-state index >= 15 is 0 Å². The molecule has 0 radical (unpaired) electrons. The Hall–Kier alpha value is -3.22. The van der Waals surface area contributed by atoms with Gasteiger partial charge in [-0.1, -0.05) is 18.2 Å². The van der Waals surface area contributed by atoms with E-state index in [1.807, 2.05) is 0 Å². The van der Waals surface area contributed by atoms with Crippen molar-refractivity contribution < 1.29 is 23.3 Å². The van der Waals surface area contributed by atoms with E-state index in [0.29, 0.717) is 10.9 Å². The molecule has 0 amide bonds. The summed E-state index contributed by atoms with van der Waals surface area (Å²) in [6.45, 7) is 1.61. The molecule has 7 heteroatoms. The van der Waals surface area contributed by atoms with Crippen LogP contribution >= 0.6 is 0 Å². The van der Waals surface area contributed by atoms with E-state index in [9.17, 15) is 19.3 Å². The van der Waals surface area contributed by atoms with Gasteiger partial charge < -0.3 is 9.15 Å². The first-order valence-corrected chi connectivity index (χ1v) is 6.61. The van der Waals surface area contributed by atoms with Crippen LogP contribution in [0.3, 0.4) is 0 Å². The number of aryl methyl sites for hydroxylation is 1. The second-order valence-corrected chi connectivity index (χ2v) is 4.82. The first kappa shape index (κ1) is 14.7. The highest BCUT2D eigenvalue weighted by atomic mass is 19.1. The second-order valence-electron chi connectivity index (χ2n) is 4.82. The van der Waals surface area contributed by atoms with Crippen molar-refractivity contribution in [1.29, 1.82) is 0 Å². The summed E-state index contributed by atoms with van der Waals surface area (Å²) in [6, 6.07) is 9.56. The maximum Gasteiger partial charge on any atom is 0.379 e. The van der Waals surface area contributed by atoms with Crippen molar-refractivity contribution in [1.82, 2.24) is 0 Å². The molecule has 0 bridgehead atoms. The second kappa shape index (κ2) is 5.53. The topological polar surface area (TPSA) is 82.6 Å². The number of nitro groups is 1. The molecule has 0 aliphatic carbocycles. The highest BCUT2D eigenvalue weighted by Gasteiger charge is 2.21. The number of hydrogen-bond acceptors (Lipinski definition) is 5. The minimum Gasteiger partial charge on any atom is -0.446 e. The van der Waals surface area contributed by atoms with Crippen molar-refractivity contribution in [2.24, 2.45) is 0 Å². The van der Waals surface area contributed by atoms with Crippen LogP contribution in [0.25, 0.3) is 11.0 Å². The maximum atomic E-state index is 13.7. The van der Waals surface area contributed by atoms with E-state index in [1.54, 1.807) is 13.0 Å². The van der Waals surface area contributed by atoms with E-state index in [0.717, 1.165) is 6.07 Å². The average Bonchev–Trinajstić information content (AvgIpc) is 2.86. The molecule has 3 aromatic rings. The van der Waals surface area contributed by atoms with Gasteiger partial charge in [-0.3, -0.25) is 10.1 Å². The van der Waals surface area contributed by atoms with Crippen LogP contribution in [0.15, 0.2) is 46.9 Å². The lowest BCUT2D eigenvalue weighted by Crippen LogP contribution is -2.08. The SMILES string of the molecule is Cc1c(C(=O)Oc2cccc([N+](=O)[O-])c2)oc2c(F)cccc12. The standard InChI is InChI=1S/C16H10FNO5/c1-9-12-6-3-7-13(17)15(12)23-14(9)16(19)22-11-5-2-4-10(8-11)18(20)21/h2-8H,1H3. The molecule has 0 unspecified atom stereocenters. The van der Waals surface area contributed by atoms with Crippen LogP contribution in [0, 0.1) is 22.9 Å². The number of esters is 1. The van der Waals surface area contributed by atoms with E-state index in [1.165, 1.54) is 30.3 Å². The lowest BCUT2D eigenvalue weighted by Gasteiger charge is -2.02. The minimum absolute atomic E-state index is 0.00419. The molecule has 1 aromatic heterocycles. The Bertz CT molecular complexity index is 931. The summed E-state index contributed by atoms with van der Waals surface area (Å²) in [6.07, 6.45) is 0. The van der Waals surface area contributed by atoms with Gasteiger partial charge in [0.2, 0.25) is 5.76 Å². The van der Waals surface area contributed by atoms with Crippen LogP contribution in [0.4, 0.5) is 10.1 Å². The van der Waals surface area contributed by atoms with Gasteiger partial charge in [-0.15, -0.1) is 0 Å². The number of para-hydroxylation sites is 1. The number of hydrogen-bond donors (Lipinski definition) is 0. The largest absolute Gasteiger partial charge is 0.446 e. The number of halogens is 1. The first-order valence-electron chi connectivity index (χ1n) is 6.61. The lowest BCUT2D eigenvalue weighted by molar-refractivity contribution is -0.384. The third kappa shape index (κ3) is 2.64. The molecule has 6 nitrogen and oxygen atoms in total. The number of furan rings is 1. The molecular weight excluding hydrogens is 305 g/mol. The van der Waals surface area contributed by atoms with Crippen LogP contribution in [-0.4, -0.2) is 10.9 Å². The highest BCUT2D eigenvalue weighted by Crippen LogP contribution is 2.28. The molecule has 1 heterocycles. The van der Waals surface area contributed by atoms with Gasteiger partial charge in [0.1, 0.15) is 5.75 Å². The van der Waals surface area contributed by atoms with E-state index in [4.69, 9.17) is 9.15 Å². The molecule has 3 rings (SSSR count). The van der Waals surface area contributed by atoms with Gasteiger partial charge in [0, 0.05) is 17.0 Å².